The van der Waals surface area contributed by atoms with E-state index in [9.17, 15) is 4.79 Å². The third-order valence-corrected chi connectivity index (χ3v) is 3.62. The summed E-state index contributed by atoms with van der Waals surface area (Å²) in [6.07, 6.45) is 0. The van der Waals surface area contributed by atoms with Gasteiger partial charge in [0, 0.05) is 5.56 Å². The highest BCUT2D eigenvalue weighted by Crippen LogP contribution is 2.22. The van der Waals surface area contributed by atoms with Crippen LogP contribution in [0.5, 0.6) is 0 Å². The van der Waals surface area contributed by atoms with Crippen LogP contribution in [0.4, 0.5) is 0 Å². The van der Waals surface area contributed by atoms with Gasteiger partial charge in [-0.2, -0.15) is 0 Å². The average Bonchev–Trinajstić information content (AvgIpc) is 2.12. The Balaban J connectivity index is 2.95. The van der Waals surface area contributed by atoms with Crippen molar-refractivity contribution in [1.29, 1.82) is 0 Å². The van der Waals surface area contributed by atoms with Crippen LogP contribution >= 0.6 is 24.0 Å². The third kappa shape index (κ3) is 3.32. The van der Waals surface area contributed by atoms with E-state index in [1.807, 2.05) is 20.8 Å². The molecule has 0 saturated carbocycles. The number of hydrogen-bond donors (Lipinski definition) is 1. The van der Waals surface area contributed by atoms with Gasteiger partial charge in [-0.15, -0.1) is 11.8 Å². The first-order valence-corrected chi connectivity index (χ1v) is 6.28. The molecule has 0 unspecified atom stereocenters. The standard InChI is InChI=1S/C12H14O2S2/c1-7-4-8(2)11(9(3)5-7)12(15)16-6-10(13)14/h4-5H,6H2,1-3H3,(H,13,14). The van der Waals surface area contributed by atoms with Crippen LogP contribution < -0.4 is 0 Å². The lowest BCUT2D eigenvalue weighted by Crippen LogP contribution is -2.05. The van der Waals surface area contributed by atoms with E-state index in [0.29, 0.717) is 4.20 Å². The minimum atomic E-state index is -0.838. The zero-order valence-electron chi connectivity index (χ0n) is 9.53. The molecule has 0 spiro atoms. The van der Waals surface area contributed by atoms with Crippen LogP contribution in [0.2, 0.25) is 0 Å². The first kappa shape index (κ1) is 13.2. The summed E-state index contributed by atoms with van der Waals surface area (Å²) >= 11 is 6.46. The molecule has 1 aromatic carbocycles. The van der Waals surface area contributed by atoms with E-state index in [1.54, 1.807) is 0 Å². The first-order valence-electron chi connectivity index (χ1n) is 4.88. The maximum atomic E-state index is 10.5. The number of benzene rings is 1. The van der Waals surface area contributed by atoms with E-state index in [1.165, 1.54) is 17.3 Å². The molecule has 0 aromatic heterocycles. The molecule has 1 rings (SSSR count). The summed E-state index contributed by atoms with van der Waals surface area (Å²) in [5, 5.41) is 8.61. The molecule has 0 aliphatic rings. The smallest absolute Gasteiger partial charge is 0.313 e. The van der Waals surface area contributed by atoms with Crippen molar-refractivity contribution < 1.29 is 9.90 Å². The van der Waals surface area contributed by atoms with E-state index in [-0.39, 0.29) is 5.75 Å². The van der Waals surface area contributed by atoms with Gasteiger partial charge in [0.25, 0.3) is 0 Å². The maximum Gasteiger partial charge on any atom is 0.313 e. The number of carboxylic acids is 1. The van der Waals surface area contributed by atoms with Gasteiger partial charge in [0.1, 0.15) is 0 Å². The molecule has 0 fully saturated rings. The fraction of sp³-hybridized carbons (Fsp3) is 0.333. The highest BCUT2D eigenvalue weighted by atomic mass is 32.2. The van der Waals surface area contributed by atoms with Gasteiger partial charge in [-0.1, -0.05) is 29.9 Å². The Morgan fingerprint density at radius 3 is 2.25 bits per heavy atom. The molecule has 16 heavy (non-hydrogen) atoms. The van der Waals surface area contributed by atoms with Crippen molar-refractivity contribution in [3.63, 3.8) is 0 Å². The van der Waals surface area contributed by atoms with Crippen LogP contribution in [0.3, 0.4) is 0 Å². The lowest BCUT2D eigenvalue weighted by Gasteiger charge is -2.11. The second kappa shape index (κ2) is 5.46. The Morgan fingerprint density at radius 1 is 1.31 bits per heavy atom. The van der Waals surface area contributed by atoms with Crippen molar-refractivity contribution in [3.8, 4) is 0 Å². The Hall–Kier alpha value is -0.870. The molecule has 0 aliphatic heterocycles. The molecule has 0 bridgehead atoms. The number of carboxylic acid groups (broad SMARTS) is 1. The summed E-state index contributed by atoms with van der Waals surface area (Å²) in [6, 6.07) is 4.13. The lowest BCUT2D eigenvalue weighted by atomic mass is 10.0. The molecule has 0 radical (unpaired) electrons. The van der Waals surface area contributed by atoms with Gasteiger partial charge in [-0.3, -0.25) is 4.79 Å². The molecule has 1 aromatic rings. The molecule has 0 atom stereocenters. The van der Waals surface area contributed by atoms with Crippen LogP contribution in [0.25, 0.3) is 0 Å². The summed E-state index contributed by atoms with van der Waals surface area (Å²) in [4.78, 5) is 10.5. The predicted octanol–water partition coefficient (Wildman–Crippen LogP) is 3.11. The van der Waals surface area contributed by atoms with Gasteiger partial charge >= 0.3 is 5.97 Å². The zero-order valence-corrected chi connectivity index (χ0v) is 11.2. The molecule has 2 nitrogen and oxygen atoms in total. The Morgan fingerprint density at radius 2 is 1.81 bits per heavy atom. The van der Waals surface area contributed by atoms with Gasteiger partial charge in [-0.05, 0) is 31.9 Å². The minimum Gasteiger partial charge on any atom is -0.481 e. The van der Waals surface area contributed by atoms with Crippen molar-refractivity contribution >= 4 is 34.1 Å². The Kier molecular flexibility index (Phi) is 4.50. The lowest BCUT2D eigenvalue weighted by molar-refractivity contribution is -0.133. The van der Waals surface area contributed by atoms with E-state index in [4.69, 9.17) is 17.3 Å². The third-order valence-electron chi connectivity index (χ3n) is 2.21. The van der Waals surface area contributed by atoms with Crippen molar-refractivity contribution in [2.45, 2.75) is 20.8 Å². The highest BCUT2D eigenvalue weighted by molar-refractivity contribution is 8.24. The molecule has 86 valence electrons. The van der Waals surface area contributed by atoms with Gasteiger partial charge < -0.3 is 5.11 Å². The average molecular weight is 254 g/mol. The van der Waals surface area contributed by atoms with Crippen LogP contribution in [-0.2, 0) is 4.79 Å². The van der Waals surface area contributed by atoms with Crippen molar-refractivity contribution in [2.24, 2.45) is 0 Å². The zero-order chi connectivity index (χ0) is 12.3. The quantitative estimate of drug-likeness (QED) is 0.841. The molecular formula is C12H14O2S2. The minimum absolute atomic E-state index is 0.0194. The number of thiocarbonyl (C=S) groups is 1. The number of hydrogen-bond acceptors (Lipinski definition) is 3. The Bertz CT molecular complexity index is 416. The SMILES string of the molecule is Cc1cc(C)c(C(=S)SCC(=O)O)c(C)c1. The van der Waals surface area contributed by atoms with Crippen molar-refractivity contribution in [1.82, 2.24) is 0 Å². The fourth-order valence-electron chi connectivity index (χ4n) is 1.70. The maximum absolute atomic E-state index is 10.5. The van der Waals surface area contributed by atoms with Crippen molar-refractivity contribution in [3.05, 3.63) is 34.4 Å². The molecular weight excluding hydrogens is 240 g/mol. The van der Waals surface area contributed by atoms with E-state index >= 15 is 0 Å². The van der Waals surface area contributed by atoms with Gasteiger partial charge in [0.15, 0.2) is 0 Å². The Labute approximate surface area is 105 Å². The van der Waals surface area contributed by atoms with Gasteiger partial charge in [-0.25, -0.2) is 0 Å². The molecule has 0 aliphatic carbocycles. The fourth-order valence-corrected chi connectivity index (χ4v) is 2.92. The largest absolute Gasteiger partial charge is 0.481 e. The van der Waals surface area contributed by atoms with E-state index in [2.05, 4.69) is 12.1 Å². The van der Waals surface area contributed by atoms with Gasteiger partial charge in [0.05, 0.1) is 9.95 Å². The number of aliphatic carboxylic acids is 1. The monoisotopic (exact) mass is 254 g/mol. The highest BCUT2D eigenvalue weighted by Gasteiger charge is 2.11. The number of carbonyl (C=O) groups is 1. The summed E-state index contributed by atoms with van der Waals surface area (Å²) in [5.74, 6) is -0.819. The normalized spacial score (nSPS) is 10.2. The van der Waals surface area contributed by atoms with Crippen LogP contribution in [0, 0.1) is 20.8 Å². The summed E-state index contributed by atoms with van der Waals surface area (Å²) in [5.41, 5.74) is 4.43. The summed E-state index contributed by atoms with van der Waals surface area (Å²) in [6.45, 7) is 6.04. The van der Waals surface area contributed by atoms with Crippen LogP contribution in [0.1, 0.15) is 22.3 Å². The second-order valence-electron chi connectivity index (χ2n) is 3.74. The molecule has 0 heterocycles. The van der Waals surface area contributed by atoms with Crippen LogP contribution in [-0.4, -0.2) is 21.0 Å². The summed E-state index contributed by atoms with van der Waals surface area (Å²) in [7, 11) is 0. The van der Waals surface area contributed by atoms with E-state index in [0.717, 1.165) is 16.7 Å². The van der Waals surface area contributed by atoms with Crippen molar-refractivity contribution in [2.75, 3.05) is 5.75 Å². The van der Waals surface area contributed by atoms with E-state index < -0.39 is 5.97 Å². The molecule has 1 N–H and O–H groups in total. The second-order valence-corrected chi connectivity index (χ2v) is 5.40. The number of aryl methyl sites for hydroxylation is 3. The molecule has 0 amide bonds. The van der Waals surface area contributed by atoms with Gasteiger partial charge in [0.2, 0.25) is 0 Å². The number of rotatable bonds is 3. The van der Waals surface area contributed by atoms with Crippen LogP contribution in [0.15, 0.2) is 12.1 Å². The molecule has 0 saturated heterocycles. The first-order chi connectivity index (χ1) is 7.41. The topological polar surface area (TPSA) is 37.3 Å². The summed E-state index contributed by atoms with van der Waals surface area (Å²) < 4.78 is 0.664. The predicted molar refractivity (Wildman–Crippen MR) is 72.4 cm³/mol. The molecule has 4 heteroatoms. The number of thioether (sulfide) groups is 1.